The Balaban J connectivity index is 1.58. The second-order valence-corrected chi connectivity index (χ2v) is 5.68. The molecule has 2 N–H and O–H groups in total. The Bertz CT molecular complexity index is 852. The molecule has 126 valence electrons. The summed E-state index contributed by atoms with van der Waals surface area (Å²) in [5.74, 6) is -0.156. The molecule has 0 aliphatic heterocycles. The maximum absolute atomic E-state index is 12.8. The molecule has 3 aromatic rings. The quantitative estimate of drug-likeness (QED) is 0.726. The van der Waals surface area contributed by atoms with Crippen LogP contribution in [0.4, 0.5) is 15.9 Å². The first-order valence-corrected chi connectivity index (χ1v) is 7.87. The SMILES string of the molecule is O=C(NCc1ccc(F)cc1)c1ccc(Nc2ccc(Cl)cc2)nn1. The Morgan fingerprint density at radius 2 is 1.68 bits per heavy atom. The van der Waals surface area contributed by atoms with Gasteiger partial charge in [-0.15, -0.1) is 10.2 Å². The van der Waals surface area contributed by atoms with Crippen molar-refractivity contribution in [3.05, 3.63) is 82.8 Å². The third-order valence-electron chi connectivity index (χ3n) is 3.38. The van der Waals surface area contributed by atoms with Gasteiger partial charge in [0.15, 0.2) is 11.5 Å². The van der Waals surface area contributed by atoms with E-state index < -0.39 is 0 Å². The van der Waals surface area contributed by atoms with Crippen molar-refractivity contribution in [1.29, 1.82) is 0 Å². The van der Waals surface area contributed by atoms with E-state index in [0.717, 1.165) is 11.3 Å². The van der Waals surface area contributed by atoms with Gasteiger partial charge in [-0.1, -0.05) is 23.7 Å². The van der Waals surface area contributed by atoms with Crippen molar-refractivity contribution >= 4 is 29.0 Å². The van der Waals surface area contributed by atoms with Gasteiger partial charge in [0.05, 0.1) is 0 Å². The zero-order valence-electron chi connectivity index (χ0n) is 13.0. The molecule has 0 unspecified atom stereocenters. The van der Waals surface area contributed by atoms with E-state index in [0.29, 0.717) is 10.8 Å². The normalized spacial score (nSPS) is 10.3. The summed E-state index contributed by atoms with van der Waals surface area (Å²) in [5.41, 5.74) is 1.81. The Morgan fingerprint density at radius 1 is 0.960 bits per heavy atom. The van der Waals surface area contributed by atoms with E-state index in [-0.39, 0.29) is 24.0 Å². The van der Waals surface area contributed by atoms with Crippen molar-refractivity contribution in [2.75, 3.05) is 5.32 Å². The van der Waals surface area contributed by atoms with Gasteiger partial charge in [0.25, 0.3) is 5.91 Å². The minimum Gasteiger partial charge on any atom is -0.347 e. The van der Waals surface area contributed by atoms with Gasteiger partial charge in [0.1, 0.15) is 5.82 Å². The molecule has 1 aromatic heterocycles. The molecule has 3 rings (SSSR count). The number of anilines is 2. The van der Waals surface area contributed by atoms with Gasteiger partial charge in [-0.25, -0.2) is 4.39 Å². The second-order valence-electron chi connectivity index (χ2n) is 5.24. The summed E-state index contributed by atoms with van der Waals surface area (Å²) >= 11 is 5.83. The molecule has 1 heterocycles. The molecular weight excluding hydrogens is 343 g/mol. The third-order valence-corrected chi connectivity index (χ3v) is 3.63. The lowest BCUT2D eigenvalue weighted by atomic mass is 10.2. The maximum Gasteiger partial charge on any atom is 0.272 e. The van der Waals surface area contributed by atoms with Crippen molar-refractivity contribution in [3.8, 4) is 0 Å². The molecule has 0 saturated heterocycles. The highest BCUT2D eigenvalue weighted by molar-refractivity contribution is 6.30. The summed E-state index contributed by atoms with van der Waals surface area (Å²) in [4.78, 5) is 12.1. The maximum atomic E-state index is 12.8. The summed E-state index contributed by atoms with van der Waals surface area (Å²) in [6.07, 6.45) is 0. The fraction of sp³-hybridized carbons (Fsp3) is 0.0556. The van der Waals surface area contributed by atoms with Crippen molar-refractivity contribution in [2.24, 2.45) is 0 Å². The van der Waals surface area contributed by atoms with E-state index in [4.69, 9.17) is 11.6 Å². The lowest BCUT2D eigenvalue weighted by Crippen LogP contribution is -2.24. The van der Waals surface area contributed by atoms with Crippen LogP contribution < -0.4 is 10.6 Å². The first-order chi connectivity index (χ1) is 12.1. The number of carbonyl (C=O) groups excluding carboxylic acids is 1. The van der Waals surface area contributed by atoms with Crippen LogP contribution in [-0.2, 0) is 6.54 Å². The number of carbonyl (C=O) groups is 1. The minimum atomic E-state index is -0.352. The largest absolute Gasteiger partial charge is 0.347 e. The number of rotatable bonds is 5. The fourth-order valence-corrected chi connectivity index (χ4v) is 2.20. The van der Waals surface area contributed by atoms with Crippen molar-refractivity contribution in [1.82, 2.24) is 15.5 Å². The Kier molecular flexibility index (Phi) is 5.20. The number of aromatic nitrogens is 2. The van der Waals surface area contributed by atoms with Gasteiger partial charge in [0.2, 0.25) is 0 Å². The Hall–Kier alpha value is -2.99. The lowest BCUT2D eigenvalue weighted by molar-refractivity contribution is 0.0945. The van der Waals surface area contributed by atoms with Gasteiger partial charge >= 0.3 is 0 Å². The van der Waals surface area contributed by atoms with E-state index in [1.807, 2.05) is 12.1 Å². The molecule has 0 saturated carbocycles. The highest BCUT2D eigenvalue weighted by Gasteiger charge is 2.08. The van der Waals surface area contributed by atoms with Crippen LogP contribution in [0.2, 0.25) is 5.02 Å². The number of hydrogen-bond donors (Lipinski definition) is 2. The van der Waals surface area contributed by atoms with Crippen LogP contribution in [0, 0.1) is 5.82 Å². The monoisotopic (exact) mass is 356 g/mol. The van der Waals surface area contributed by atoms with E-state index in [1.54, 1.807) is 36.4 Å². The molecule has 0 aliphatic rings. The number of benzene rings is 2. The fourth-order valence-electron chi connectivity index (χ4n) is 2.08. The smallest absolute Gasteiger partial charge is 0.272 e. The Labute approximate surface area is 148 Å². The Morgan fingerprint density at radius 3 is 2.32 bits per heavy atom. The van der Waals surface area contributed by atoms with Crippen molar-refractivity contribution in [3.63, 3.8) is 0 Å². The topological polar surface area (TPSA) is 66.9 Å². The van der Waals surface area contributed by atoms with E-state index >= 15 is 0 Å². The van der Waals surface area contributed by atoms with Gasteiger partial charge < -0.3 is 10.6 Å². The van der Waals surface area contributed by atoms with E-state index in [9.17, 15) is 9.18 Å². The summed E-state index contributed by atoms with van der Waals surface area (Å²) in [7, 11) is 0. The molecule has 25 heavy (non-hydrogen) atoms. The number of nitrogens with zero attached hydrogens (tertiary/aromatic N) is 2. The zero-order chi connectivity index (χ0) is 17.6. The van der Waals surface area contributed by atoms with Crippen molar-refractivity contribution in [2.45, 2.75) is 6.54 Å². The predicted molar refractivity (Wildman–Crippen MR) is 94.3 cm³/mol. The van der Waals surface area contributed by atoms with E-state index in [2.05, 4.69) is 20.8 Å². The highest BCUT2D eigenvalue weighted by Crippen LogP contribution is 2.17. The number of halogens is 2. The molecule has 0 spiro atoms. The number of nitrogens with one attached hydrogen (secondary N) is 2. The van der Waals surface area contributed by atoms with Crippen LogP contribution in [0.15, 0.2) is 60.7 Å². The minimum absolute atomic E-state index is 0.198. The summed E-state index contributed by atoms with van der Waals surface area (Å²) in [5, 5.41) is 14.3. The molecule has 0 bridgehead atoms. The highest BCUT2D eigenvalue weighted by atomic mass is 35.5. The number of hydrogen-bond acceptors (Lipinski definition) is 4. The summed E-state index contributed by atoms with van der Waals surface area (Å²) < 4.78 is 12.8. The molecule has 7 heteroatoms. The van der Waals surface area contributed by atoms with Gasteiger partial charge in [-0.2, -0.15) is 0 Å². The molecular formula is C18H14ClFN4O. The van der Waals surface area contributed by atoms with Gasteiger partial charge in [-0.3, -0.25) is 4.79 Å². The van der Waals surface area contributed by atoms with Crippen LogP contribution in [-0.4, -0.2) is 16.1 Å². The molecule has 0 fully saturated rings. The standard InChI is InChI=1S/C18H14ClFN4O/c19-13-3-7-15(8-4-13)22-17-10-9-16(23-24-17)18(25)21-11-12-1-5-14(20)6-2-12/h1-10H,11H2,(H,21,25)(H,22,24). The van der Waals surface area contributed by atoms with Crippen molar-refractivity contribution < 1.29 is 9.18 Å². The van der Waals surface area contributed by atoms with Crippen LogP contribution in [0.5, 0.6) is 0 Å². The summed E-state index contributed by atoms with van der Waals surface area (Å²) in [6, 6.07) is 16.3. The van der Waals surface area contributed by atoms with Crippen LogP contribution >= 0.6 is 11.6 Å². The van der Waals surface area contributed by atoms with Crippen LogP contribution in [0.25, 0.3) is 0 Å². The molecule has 2 aromatic carbocycles. The lowest BCUT2D eigenvalue weighted by Gasteiger charge is -2.07. The predicted octanol–water partition coefficient (Wildman–Crippen LogP) is 3.94. The molecule has 0 aliphatic carbocycles. The third kappa shape index (κ3) is 4.74. The van der Waals surface area contributed by atoms with Gasteiger partial charge in [-0.05, 0) is 54.1 Å². The van der Waals surface area contributed by atoms with Crippen LogP contribution in [0.3, 0.4) is 0 Å². The summed E-state index contributed by atoms with van der Waals surface area (Å²) in [6.45, 7) is 0.283. The van der Waals surface area contributed by atoms with E-state index in [1.165, 1.54) is 12.1 Å². The van der Waals surface area contributed by atoms with Crippen LogP contribution in [0.1, 0.15) is 16.1 Å². The first-order valence-electron chi connectivity index (χ1n) is 7.49. The molecule has 0 radical (unpaired) electrons. The zero-order valence-corrected chi connectivity index (χ0v) is 13.8. The average Bonchev–Trinajstić information content (AvgIpc) is 2.63. The molecule has 5 nitrogen and oxygen atoms in total. The number of amides is 1. The second kappa shape index (κ2) is 7.72. The first kappa shape index (κ1) is 16.9. The molecule has 0 atom stereocenters. The molecule has 1 amide bonds. The average molecular weight is 357 g/mol. The van der Waals surface area contributed by atoms with Gasteiger partial charge in [0, 0.05) is 17.3 Å².